The maximum absolute atomic E-state index is 11.6. The van der Waals surface area contributed by atoms with Crippen LogP contribution in [0.2, 0.25) is 0 Å². The van der Waals surface area contributed by atoms with Crippen molar-refractivity contribution in [3.05, 3.63) is 0 Å². The lowest BCUT2D eigenvalue weighted by atomic mass is 9.66. The predicted octanol–water partition coefficient (Wildman–Crippen LogP) is 2.59. The van der Waals surface area contributed by atoms with Crippen LogP contribution in [0.15, 0.2) is 0 Å². The highest BCUT2D eigenvalue weighted by atomic mass is 32.2. The second kappa shape index (κ2) is 4.88. The summed E-state index contributed by atoms with van der Waals surface area (Å²) in [6, 6.07) is 0. The third-order valence-electron chi connectivity index (χ3n) is 4.06. The molecule has 1 saturated heterocycles. The largest absolute Gasteiger partial charge is 0.213 e. The Kier molecular flexibility index (Phi) is 4.30. The fraction of sp³-hybridized carbons (Fsp3) is 1.00. The van der Waals surface area contributed by atoms with E-state index >= 15 is 0 Å². The van der Waals surface area contributed by atoms with Crippen LogP contribution >= 0.6 is 0 Å². The maximum atomic E-state index is 11.6. The molecule has 0 N–H and O–H groups in total. The Balaban J connectivity index is 2.90. The normalized spacial score (nSPS) is 28.6. The van der Waals surface area contributed by atoms with E-state index in [0.29, 0.717) is 30.8 Å². The first kappa shape index (κ1) is 15.0. The molecular weight excluding hydrogens is 234 g/mol. The smallest absolute Gasteiger partial charge is 0.211 e. The van der Waals surface area contributed by atoms with Gasteiger partial charge in [0.1, 0.15) is 0 Å². The van der Waals surface area contributed by atoms with E-state index in [0.717, 1.165) is 6.42 Å². The SMILES string of the molecule is CC(C)C1CN(S(C)(=O)=O)CCC1C(C)(C)C. The fourth-order valence-corrected chi connectivity index (χ4v) is 3.88. The number of sulfonamides is 1. The van der Waals surface area contributed by atoms with Crippen LogP contribution < -0.4 is 0 Å². The zero-order chi connectivity index (χ0) is 13.4. The number of nitrogens with zero attached hydrogens (tertiary/aromatic N) is 1. The molecule has 0 radical (unpaired) electrons. The Hall–Kier alpha value is -0.0900. The van der Waals surface area contributed by atoms with E-state index < -0.39 is 10.0 Å². The topological polar surface area (TPSA) is 37.4 Å². The van der Waals surface area contributed by atoms with Crippen LogP contribution in [-0.4, -0.2) is 32.1 Å². The molecule has 0 spiro atoms. The first-order chi connectivity index (χ1) is 7.53. The second-order valence-corrected chi connectivity index (χ2v) is 8.77. The van der Waals surface area contributed by atoms with Gasteiger partial charge in [0.2, 0.25) is 10.0 Å². The minimum atomic E-state index is -3.03. The van der Waals surface area contributed by atoms with Gasteiger partial charge in [-0.2, -0.15) is 0 Å². The third kappa shape index (κ3) is 3.68. The molecule has 3 nitrogen and oxygen atoms in total. The van der Waals surface area contributed by atoms with Crippen molar-refractivity contribution in [2.24, 2.45) is 23.2 Å². The van der Waals surface area contributed by atoms with Crippen molar-refractivity contribution in [1.82, 2.24) is 4.31 Å². The van der Waals surface area contributed by atoms with Crippen LogP contribution in [0.3, 0.4) is 0 Å². The Morgan fingerprint density at radius 3 is 2.12 bits per heavy atom. The Morgan fingerprint density at radius 1 is 1.24 bits per heavy atom. The molecule has 0 aromatic carbocycles. The first-order valence-corrected chi connectivity index (χ1v) is 8.33. The number of hydrogen-bond donors (Lipinski definition) is 0. The van der Waals surface area contributed by atoms with Gasteiger partial charge < -0.3 is 0 Å². The summed E-state index contributed by atoms with van der Waals surface area (Å²) in [7, 11) is -3.03. The lowest BCUT2D eigenvalue weighted by molar-refractivity contribution is 0.0578. The molecule has 1 fully saturated rings. The van der Waals surface area contributed by atoms with Gasteiger partial charge in [-0.05, 0) is 29.6 Å². The predicted molar refractivity (Wildman–Crippen MR) is 72.3 cm³/mol. The summed E-state index contributed by atoms with van der Waals surface area (Å²) >= 11 is 0. The summed E-state index contributed by atoms with van der Waals surface area (Å²) in [5.41, 5.74) is 0.262. The third-order valence-corrected chi connectivity index (χ3v) is 5.33. The molecule has 2 unspecified atom stereocenters. The Morgan fingerprint density at radius 2 is 1.76 bits per heavy atom. The molecule has 1 aliphatic heterocycles. The highest BCUT2D eigenvalue weighted by molar-refractivity contribution is 7.88. The fourth-order valence-electron chi connectivity index (χ4n) is 3.00. The van der Waals surface area contributed by atoms with Gasteiger partial charge in [0.05, 0.1) is 6.26 Å². The van der Waals surface area contributed by atoms with Gasteiger partial charge in [0.25, 0.3) is 0 Å². The van der Waals surface area contributed by atoms with Crippen LogP contribution in [0.4, 0.5) is 0 Å². The molecule has 2 atom stereocenters. The van der Waals surface area contributed by atoms with Gasteiger partial charge in [-0.1, -0.05) is 34.6 Å². The standard InChI is InChI=1S/C13H27NO2S/c1-10(2)11-9-14(17(6,15)16)8-7-12(11)13(3,4)5/h10-12H,7-9H2,1-6H3. The number of hydrogen-bond acceptors (Lipinski definition) is 2. The van der Waals surface area contributed by atoms with Gasteiger partial charge in [0, 0.05) is 13.1 Å². The summed E-state index contributed by atoms with van der Waals surface area (Å²) < 4.78 is 24.9. The number of piperidine rings is 1. The zero-order valence-corrected chi connectivity index (χ0v) is 12.8. The molecule has 0 aliphatic carbocycles. The van der Waals surface area contributed by atoms with E-state index in [9.17, 15) is 8.42 Å². The molecule has 17 heavy (non-hydrogen) atoms. The van der Waals surface area contributed by atoms with Crippen molar-refractivity contribution in [2.45, 2.75) is 41.0 Å². The van der Waals surface area contributed by atoms with Gasteiger partial charge in [-0.3, -0.25) is 0 Å². The van der Waals surface area contributed by atoms with E-state index in [2.05, 4.69) is 34.6 Å². The molecule has 1 rings (SSSR count). The van der Waals surface area contributed by atoms with Crippen LogP contribution in [-0.2, 0) is 10.0 Å². The number of rotatable bonds is 2. The van der Waals surface area contributed by atoms with Gasteiger partial charge >= 0.3 is 0 Å². The maximum Gasteiger partial charge on any atom is 0.211 e. The first-order valence-electron chi connectivity index (χ1n) is 6.48. The highest BCUT2D eigenvalue weighted by Crippen LogP contribution is 2.41. The molecule has 1 heterocycles. The van der Waals surface area contributed by atoms with E-state index in [1.165, 1.54) is 6.26 Å². The zero-order valence-electron chi connectivity index (χ0n) is 12.0. The lowest BCUT2D eigenvalue weighted by Gasteiger charge is -2.45. The second-order valence-electron chi connectivity index (χ2n) is 6.79. The van der Waals surface area contributed by atoms with E-state index in [-0.39, 0.29) is 5.41 Å². The van der Waals surface area contributed by atoms with Gasteiger partial charge in [-0.25, -0.2) is 12.7 Å². The molecule has 4 heteroatoms. The summed E-state index contributed by atoms with van der Waals surface area (Å²) in [6.07, 6.45) is 2.31. The van der Waals surface area contributed by atoms with E-state index in [1.807, 2.05) is 0 Å². The highest BCUT2D eigenvalue weighted by Gasteiger charge is 2.39. The van der Waals surface area contributed by atoms with Crippen molar-refractivity contribution in [3.63, 3.8) is 0 Å². The molecule has 0 saturated carbocycles. The molecule has 1 aliphatic rings. The lowest BCUT2D eigenvalue weighted by Crippen LogP contribution is -2.48. The quantitative estimate of drug-likeness (QED) is 0.766. The van der Waals surface area contributed by atoms with Crippen molar-refractivity contribution < 1.29 is 8.42 Å². The molecule has 0 aromatic rings. The van der Waals surface area contributed by atoms with Crippen molar-refractivity contribution in [2.75, 3.05) is 19.3 Å². The van der Waals surface area contributed by atoms with Crippen LogP contribution in [0.1, 0.15) is 41.0 Å². The van der Waals surface area contributed by atoms with E-state index in [4.69, 9.17) is 0 Å². The minimum absolute atomic E-state index is 0.262. The van der Waals surface area contributed by atoms with Crippen molar-refractivity contribution >= 4 is 10.0 Å². The van der Waals surface area contributed by atoms with E-state index in [1.54, 1.807) is 4.31 Å². The average Bonchev–Trinajstić information content (AvgIpc) is 2.14. The molecule has 102 valence electrons. The molecule has 0 bridgehead atoms. The minimum Gasteiger partial charge on any atom is -0.213 e. The Labute approximate surface area is 107 Å². The van der Waals surface area contributed by atoms with Gasteiger partial charge in [0.15, 0.2) is 0 Å². The van der Waals surface area contributed by atoms with Gasteiger partial charge in [-0.15, -0.1) is 0 Å². The Bertz CT molecular complexity index is 354. The summed E-state index contributed by atoms with van der Waals surface area (Å²) in [6.45, 7) is 12.6. The van der Waals surface area contributed by atoms with Crippen LogP contribution in [0.25, 0.3) is 0 Å². The monoisotopic (exact) mass is 261 g/mol. The van der Waals surface area contributed by atoms with Crippen molar-refractivity contribution in [3.8, 4) is 0 Å². The van der Waals surface area contributed by atoms with Crippen molar-refractivity contribution in [1.29, 1.82) is 0 Å². The van der Waals surface area contributed by atoms with Crippen LogP contribution in [0, 0.1) is 23.2 Å². The molecule has 0 amide bonds. The molecular formula is C13H27NO2S. The summed E-state index contributed by atoms with van der Waals surface area (Å²) in [5, 5.41) is 0. The molecule has 0 aromatic heterocycles. The van der Waals surface area contributed by atoms with Crippen LogP contribution in [0.5, 0.6) is 0 Å². The summed E-state index contributed by atoms with van der Waals surface area (Å²) in [5.74, 6) is 1.61. The average molecular weight is 261 g/mol. The summed E-state index contributed by atoms with van der Waals surface area (Å²) in [4.78, 5) is 0.